The van der Waals surface area contributed by atoms with Crippen LogP contribution in [0, 0.1) is 17.8 Å². The zero-order valence-corrected chi connectivity index (χ0v) is 46.5. The average Bonchev–Trinajstić information content (AvgIpc) is 4.22. The third-order valence-corrected chi connectivity index (χ3v) is 17.6. The lowest BCUT2D eigenvalue weighted by molar-refractivity contribution is -0.136. The van der Waals surface area contributed by atoms with Gasteiger partial charge >= 0.3 is 0 Å². The highest BCUT2D eigenvalue weighted by atomic mass is 33.1. The number of benzene rings is 3. The number of nitrogens with two attached hydrogens (primary N) is 3. The SMILES string of the molecule is CC(C)[C@@H]1NC(=O)[C@H](CCCCN)NC(=O)[C@@H](Cc2c[nH]c3ccccc23)NC(=O)[C@H](Cc2cccnc2)NC(=O)[C@H](NC(=O)C(N)C2Cc3ccccc3C2)CSSC[C@@H](C(=O)NC(C(N)=O)C2Cc3ccccc3C2)NC1=O. The number of nitrogens with zero attached hydrogens (tertiary/aromatic N) is 1. The Balaban J connectivity index is 1.13. The molecule has 8 amide bonds. The summed E-state index contributed by atoms with van der Waals surface area (Å²) in [6.45, 7) is 3.74. The van der Waals surface area contributed by atoms with E-state index in [1.165, 1.54) is 0 Å². The minimum atomic E-state index is -1.34. The Labute approximate surface area is 473 Å². The number of para-hydroxylation sites is 1. The first-order valence-electron chi connectivity index (χ1n) is 27.3. The van der Waals surface area contributed by atoms with Gasteiger partial charge in [0.1, 0.15) is 42.3 Å². The van der Waals surface area contributed by atoms with Crippen molar-refractivity contribution in [3.63, 3.8) is 0 Å². The third-order valence-electron chi connectivity index (χ3n) is 15.2. The number of pyridine rings is 1. The first-order chi connectivity index (χ1) is 38.6. The van der Waals surface area contributed by atoms with E-state index in [-0.39, 0.29) is 42.6 Å². The lowest BCUT2D eigenvalue weighted by atomic mass is 9.95. The van der Waals surface area contributed by atoms with Gasteiger partial charge in [0.15, 0.2) is 0 Å². The van der Waals surface area contributed by atoms with E-state index in [2.05, 4.69) is 47.2 Å². The van der Waals surface area contributed by atoms with Crippen molar-refractivity contribution in [1.82, 2.24) is 47.2 Å². The molecule has 3 aromatic carbocycles. The lowest BCUT2D eigenvalue weighted by Crippen LogP contribution is -2.62. The van der Waals surface area contributed by atoms with Crippen LogP contribution >= 0.6 is 21.6 Å². The first kappa shape index (κ1) is 58.9. The molecular formula is C58H72N12O8S2. The van der Waals surface area contributed by atoms with Crippen LogP contribution < -0.4 is 54.4 Å². The van der Waals surface area contributed by atoms with Gasteiger partial charge in [-0.1, -0.05) is 108 Å². The Hall–Kier alpha value is -7.27. The number of hydrogen-bond acceptors (Lipinski definition) is 13. The van der Waals surface area contributed by atoms with Gasteiger partial charge in [0.2, 0.25) is 47.3 Å². The summed E-state index contributed by atoms with van der Waals surface area (Å²) in [6.07, 6.45) is 7.84. The van der Waals surface area contributed by atoms with Crippen molar-refractivity contribution in [3.05, 3.63) is 137 Å². The molecule has 0 radical (unpaired) electrons. The Bertz CT molecular complexity index is 2980. The first-order valence-corrected chi connectivity index (χ1v) is 29.7. The minimum absolute atomic E-state index is 0.0491. The average molecular weight is 1130 g/mol. The Morgan fingerprint density at radius 2 is 1.26 bits per heavy atom. The van der Waals surface area contributed by atoms with E-state index >= 15 is 0 Å². The van der Waals surface area contributed by atoms with Crippen LogP contribution in [-0.4, -0.2) is 124 Å². The topological polar surface area (TPSA) is 328 Å². The molecule has 3 aliphatic rings. The van der Waals surface area contributed by atoms with Crippen LogP contribution in [0.25, 0.3) is 10.9 Å². The summed E-state index contributed by atoms with van der Waals surface area (Å²) in [6, 6.07) is 16.6. The molecule has 20 nitrogen and oxygen atoms in total. The highest BCUT2D eigenvalue weighted by molar-refractivity contribution is 8.76. The van der Waals surface area contributed by atoms with Gasteiger partial charge in [0, 0.05) is 53.8 Å². The zero-order valence-electron chi connectivity index (χ0n) is 44.9. The Morgan fingerprint density at radius 1 is 0.675 bits per heavy atom. The van der Waals surface area contributed by atoms with E-state index in [0.29, 0.717) is 56.2 Å². The number of nitrogens with one attached hydrogen (secondary N) is 8. The normalized spacial score (nSPS) is 22.6. The molecule has 8 atom stereocenters. The second-order valence-corrected chi connectivity index (χ2v) is 23.9. The summed E-state index contributed by atoms with van der Waals surface area (Å²) in [5, 5.41) is 20.8. The fourth-order valence-electron chi connectivity index (χ4n) is 10.8. The second-order valence-electron chi connectivity index (χ2n) is 21.3. The van der Waals surface area contributed by atoms with Crippen LogP contribution in [0.4, 0.5) is 0 Å². The van der Waals surface area contributed by atoms with Gasteiger partial charge in [-0.2, -0.15) is 0 Å². The van der Waals surface area contributed by atoms with Crippen LogP contribution in [0.15, 0.2) is 104 Å². The fraction of sp³-hybridized carbons (Fsp3) is 0.431. The van der Waals surface area contributed by atoms with Crippen LogP contribution in [0.1, 0.15) is 66.5 Å². The summed E-state index contributed by atoms with van der Waals surface area (Å²) in [7, 11) is 2.23. The molecule has 1 fully saturated rings. The molecule has 22 heteroatoms. The molecule has 424 valence electrons. The molecule has 3 heterocycles. The van der Waals surface area contributed by atoms with E-state index in [4.69, 9.17) is 17.2 Å². The van der Waals surface area contributed by atoms with Crippen molar-refractivity contribution < 1.29 is 38.4 Å². The van der Waals surface area contributed by atoms with Crippen LogP contribution in [-0.2, 0) is 76.9 Å². The number of carbonyl (C=O) groups excluding carboxylic acids is 8. The lowest BCUT2D eigenvalue weighted by Gasteiger charge is -2.30. The summed E-state index contributed by atoms with van der Waals surface area (Å²) >= 11 is 0. The maximum Gasteiger partial charge on any atom is 0.244 e. The standard InChI is InChI=1S/C58H72N12O8S2/c1-32(2)49-58(78)68-47(56(76)70-50(51(61)71)39-25-36-15-5-6-16-37(36)26-39)31-80-79-30-46(67-57(77)48(60)38-23-34-13-3-4-14-35(34)24-38)55(75)65-44(22-33-12-11-21-62-28-33)53(73)66-45(27-40-29-63-42-18-8-7-17-41(40)42)54(74)64-43(52(72)69-49)19-9-10-20-59/h3-8,11-18,21,28-29,32,38-39,43-50,63H,9-10,19-20,22-27,30-31,59-60H2,1-2H3,(H2,61,71)(H,64,74)(H,65,75)(H,66,73)(H,67,77)(H,68,78)(H,69,72)(H,70,76)/t43-,44-,45+,46+,47-,48?,49-,50?/m0/s1. The van der Waals surface area contributed by atoms with Crippen molar-refractivity contribution in [2.45, 2.75) is 120 Å². The van der Waals surface area contributed by atoms with Crippen molar-refractivity contribution in [2.75, 3.05) is 18.1 Å². The number of aromatic amines is 1. The molecule has 2 unspecified atom stereocenters. The number of amides is 8. The number of aromatic nitrogens is 2. The van der Waals surface area contributed by atoms with Gasteiger partial charge < -0.3 is 59.4 Å². The Morgan fingerprint density at radius 3 is 1.89 bits per heavy atom. The molecule has 2 aliphatic carbocycles. The molecule has 80 heavy (non-hydrogen) atoms. The van der Waals surface area contributed by atoms with Crippen molar-refractivity contribution in [1.29, 1.82) is 0 Å². The van der Waals surface area contributed by atoms with Gasteiger partial charge in [-0.25, -0.2) is 0 Å². The summed E-state index contributed by atoms with van der Waals surface area (Å²) in [4.78, 5) is 123. The van der Waals surface area contributed by atoms with Crippen molar-refractivity contribution >= 4 is 79.7 Å². The number of hydrogen-bond donors (Lipinski definition) is 11. The fourth-order valence-corrected chi connectivity index (χ4v) is 13.1. The van der Waals surface area contributed by atoms with Crippen molar-refractivity contribution in [2.24, 2.45) is 35.0 Å². The monoisotopic (exact) mass is 1130 g/mol. The van der Waals surface area contributed by atoms with Gasteiger partial charge in [-0.15, -0.1) is 0 Å². The predicted octanol–water partition coefficient (Wildman–Crippen LogP) is 1.56. The van der Waals surface area contributed by atoms with Crippen LogP contribution in [0.2, 0.25) is 0 Å². The molecule has 2 aromatic heterocycles. The van der Waals surface area contributed by atoms with Crippen LogP contribution in [0.3, 0.4) is 0 Å². The van der Waals surface area contributed by atoms with Crippen molar-refractivity contribution in [3.8, 4) is 0 Å². The highest BCUT2D eigenvalue weighted by Gasteiger charge is 2.39. The summed E-state index contributed by atoms with van der Waals surface area (Å²) in [5.41, 5.74) is 24.8. The second kappa shape index (κ2) is 27.7. The van der Waals surface area contributed by atoms with E-state index in [0.717, 1.165) is 54.7 Å². The quantitative estimate of drug-likeness (QED) is 0.0495. The predicted molar refractivity (Wildman–Crippen MR) is 308 cm³/mol. The molecule has 14 N–H and O–H groups in total. The number of rotatable bonds is 16. The molecule has 0 saturated carbocycles. The van der Waals surface area contributed by atoms with E-state index in [9.17, 15) is 38.4 Å². The maximum atomic E-state index is 14.9. The largest absolute Gasteiger partial charge is 0.368 e. The molecule has 8 rings (SSSR count). The molecule has 1 aliphatic heterocycles. The van der Waals surface area contributed by atoms with Gasteiger partial charge in [0.25, 0.3) is 0 Å². The number of unbranched alkanes of at least 4 members (excludes halogenated alkanes) is 1. The number of fused-ring (bicyclic) bond motifs is 3. The van der Waals surface area contributed by atoms with E-state index < -0.39 is 102 Å². The van der Waals surface area contributed by atoms with E-state index in [1.54, 1.807) is 44.6 Å². The third kappa shape index (κ3) is 15.1. The maximum absolute atomic E-state index is 14.9. The zero-order chi connectivity index (χ0) is 56.9. The van der Waals surface area contributed by atoms with E-state index in [1.807, 2.05) is 72.8 Å². The molecule has 5 aromatic rings. The summed E-state index contributed by atoms with van der Waals surface area (Å²) < 4.78 is 0. The number of primary amides is 1. The minimum Gasteiger partial charge on any atom is -0.368 e. The highest BCUT2D eigenvalue weighted by Crippen LogP contribution is 2.31. The molecular weight excluding hydrogens is 1060 g/mol. The summed E-state index contributed by atoms with van der Waals surface area (Å²) in [5.74, 6) is -7.11. The van der Waals surface area contributed by atoms with Gasteiger partial charge in [0.05, 0.1) is 6.04 Å². The Kier molecular flexibility index (Phi) is 20.4. The van der Waals surface area contributed by atoms with Gasteiger partial charge in [-0.05, 0) is 115 Å². The molecule has 0 bridgehead atoms. The van der Waals surface area contributed by atoms with Gasteiger partial charge in [-0.3, -0.25) is 43.3 Å². The molecule has 1 saturated heterocycles. The number of H-pyrrole nitrogens is 1. The molecule has 0 spiro atoms. The van der Waals surface area contributed by atoms with Crippen LogP contribution in [0.5, 0.6) is 0 Å². The number of carbonyl (C=O) groups is 8. The smallest absolute Gasteiger partial charge is 0.244 e.